The summed E-state index contributed by atoms with van der Waals surface area (Å²) in [5.41, 5.74) is -0.890. The van der Waals surface area contributed by atoms with Gasteiger partial charge in [-0.15, -0.1) is 0 Å². The molecule has 0 unspecified atom stereocenters. The van der Waals surface area contributed by atoms with Crippen LogP contribution >= 0.6 is 0 Å². The van der Waals surface area contributed by atoms with E-state index in [-0.39, 0.29) is 30.4 Å². The molecule has 3 rings (SSSR count). The van der Waals surface area contributed by atoms with Gasteiger partial charge in [0.1, 0.15) is 12.1 Å². The maximum Gasteiger partial charge on any atom is 0.326 e. The molecule has 8 nitrogen and oxygen atoms in total. The summed E-state index contributed by atoms with van der Waals surface area (Å²) in [4.78, 5) is 49.1. The van der Waals surface area contributed by atoms with Gasteiger partial charge < -0.3 is 15.4 Å². The third-order valence-corrected chi connectivity index (χ3v) is 5.10. The molecule has 0 bridgehead atoms. The number of nitrogens with one attached hydrogen (secondary N) is 2. The van der Waals surface area contributed by atoms with E-state index >= 15 is 0 Å². The van der Waals surface area contributed by atoms with Gasteiger partial charge in [-0.2, -0.15) is 0 Å². The van der Waals surface area contributed by atoms with Crippen LogP contribution in [0.1, 0.15) is 45.4 Å². The zero-order valence-electron chi connectivity index (χ0n) is 13.8. The highest BCUT2D eigenvalue weighted by Crippen LogP contribution is 2.38. The lowest BCUT2D eigenvalue weighted by atomic mass is 9.73. The van der Waals surface area contributed by atoms with E-state index in [0.29, 0.717) is 6.42 Å². The first-order valence-electron chi connectivity index (χ1n) is 8.51. The van der Waals surface area contributed by atoms with Gasteiger partial charge in [0.05, 0.1) is 0 Å². The van der Waals surface area contributed by atoms with Crippen LogP contribution in [0.15, 0.2) is 0 Å². The topological polar surface area (TPSA) is 105 Å². The molecule has 24 heavy (non-hydrogen) atoms. The lowest BCUT2D eigenvalue weighted by Gasteiger charge is -2.36. The molecule has 2 atom stereocenters. The predicted molar refractivity (Wildman–Crippen MR) is 82.7 cm³/mol. The maximum absolute atomic E-state index is 12.7. The van der Waals surface area contributed by atoms with Gasteiger partial charge in [-0.05, 0) is 31.6 Å². The molecule has 2 N–H and O–H groups in total. The quantitative estimate of drug-likeness (QED) is 0.555. The van der Waals surface area contributed by atoms with Gasteiger partial charge in [0.2, 0.25) is 0 Å². The van der Waals surface area contributed by atoms with Crippen LogP contribution in [0.2, 0.25) is 0 Å². The smallest absolute Gasteiger partial charge is 0.326 e. The molecule has 0 aromatic carbocycles. The summed E-state index contributed by atoms with van der Waals surface area (Å²) in [7, 11) is 0. The minimum Gasteiger partial charge on any atom is -0.454 e. The number of carbonyl (C=O) groups is 4. The van der Waals surface area contributed by atoms with Crippen LogP contribution in [0.25, 0.3) is 0 Å². The lowest BCUT2D eigenvalue weighted by Crippen LogP contribution is -2.54. The molecule has 4 amide bonds. The van der Waals surface area contributed by atoms with Crippen LogP contribution in [0.5, 0.6) is 0 Å². The number of carbonyl (C=O) groups excluding carboxylic acids is 4. The molecule has 1 heterocycles. The van der Waals surface area contributed by atoms with Gasteiger partial charge in [0, 0.05) is 6.04 Å². The van der Waals surface area contributed by atoms with E-state index in [0.717, 1.165) is 37.0 Å². The average molecular weight is 337 g/mol. The first-order valence-corrected chi connectivity index (χ1v) is 8.51. The Labute approximate surface area is 140 Å². The molecule has 1 aliphatic heterocycles. The highest BCUT2D eigenvalue weighted by Gasteiger charge is 2.55. The maximum atomic E-state index is 12.7. The first kappa shape index (κ1) is 16.7. The fraction of sp³-hybridized carbons (Fsp3) is 0.750. The number of amides is 4. The largest absolute Gasteiger partial charge is 0.454 e. The second kappa shape index (κ2) is 6.41. The van der Waals surface area contributed by atoms with E-state index < -0.39 is 24.1 Å². The Balaban J connectivity index is 1.54. The van der Waals surface area contributed by atoms with Gasteiger partial charge in [-0.1, -0.05) is 19.8 Å². The van der Waals surface area contributed by atoms with Gasteiger partial charge in [-0.3, -0.25) is 19.3 Å². The number of hydrogen-bond donors (Lipinski definition) is 2. The summed E-state index contributed by atoms with van der Waals surface area (Å²) in [5.74, 6) is -1.45. The number of urea groups is 1. The summed E-state index contributed by atoms with van der Waals surface area (Å²) >= 11 is 0. The Bertz CT molecular complexity index is 574. The molecule has 2 saturated carbocycles. The second-order valence-electron chi connectivity index (χ2n) is 6.94. The molecule has 0 radical (unpaired) electrons. The molecule has 0 aromatic heterocycles. The monoisotopic (exact) mass is 337 g/mol. The highest BCUT2D eigenvalue weighted by molar-refractivity contribution is 6.09. The Kier molecular flexibility index (Phi) is 4.47. The summed E-state index contributed by atoms with van der Waals surface area (Å²) in [6, 6.07) is -0.372. The molecule has 2 aliphatic carbocycles. The van der Waals surface area contributed by atoms with Crippen LogP contribution in [-0.2, 0) is 19.1 Å². The number of hydrogen-bond acceptors (Lipinski definition) is 5. The first-order chi connectivity index (χ1) is 11.4. The normalized spacial score (nSPS) is 29.5. The van der Waals surface area contributed by atoms with E-state index in [1.54, 1.807) is 0 Å². The highest BCUT2D eigenvalue weighted by atomic mass is 16.5. The molecule has 3 aliphatic rings. The Morgan fingerprint density at radius 1 is 1.29 bits per heavy atom. The Morgan fingerprint density at radius 3 is 2.71 bits per heavy atom. The van der Waals surface area contributed by atoms with Gasteiger partial charge >= 0.3 is 12.0 Å². The van der Waals surface area contributed by atoms with Crippen LogP contribution in [0.4, 0.5) is 4.79 Å². The summed E-state index contributed by atoms with van der Waals surface area (Å²) < 4.78 is 4.87. The average Bonchev–Trinajstić information content (AvgIpc) is 3.32. The van der Waals surface area contributed by atoms with Crippen molar-refractivity contribution in [2.75, 3.05) is 13.2 Å². The summed E-state index contributed by atoms with van der Waals surface area (Å²) in [5, 5.41) is 5.47. The fourth-order valence-corrected chi connectivity index (χ4v) is 3.46. The van der Waals surface area contributed by atoms with Crippen molar-refractivity contribution in [1.82, 2.24) is 15.5 Å². The van der Waals surface area contributed by atoms with E-state index in [4.69, 9.17) is 4.74 Å². The van der Waals surface area contributed by atoms with Crippen LogP contribution in [0, 0.1) is 5.92 Å². The zero-order chi connectivity index (χ0) is 17.3. The molecular formula is C16H23N3O5. The van der Waals surface area contributed by atoms with Crippen molar-refractivity contribution in [3.8, 4) is 0 Å². The lowest BCUT2D eigenvalue weighted by molar-refractivity contribution is -0.151. The van der Waals surface area contributed by atoms with Crippen molar-refractivity contribution in [2.45, 2.75) is 57.0 Å². The van der Waals surface area contributed by atoms with Crippen molar-refractivity contribution >= 4 is 23.8 Å². The second-order valence-corrected chi connectivity index (χ2v) is 6.94. The minimum atomic E-state index is -0.890. The van der Waals surface area contributed by atoms with Crippen molar-refractivity contribution < 1.29 is 23.9 Å². The van der Waals surface area contributed by atoms with Crippen LogP contribution < -0.4 is 10.6 Å². The molecule has 8 heteroatoms. The molecular weight excluding hydrogens is 314 g/mol. The minimum absolute atomic E-state index is 0.0352. The molecule has 132 valence electrons. The van der Waals surface area contributed by atoms with E-state index in [9.17, 15) is 19.2 Å². The van der Waals surface area contributed by atoms with Crippen molar-refractivity contribution in [3.05, 3.63) is 0 Å². The standard InChI is InChI=1S/C16H23N3O5/c1-10-4-2-3-7-16(10)14(22)19(15(23)18-16)8-13(21)24-9-12(20)17-11-5-6-11/h10-11H,2-9H2,1H3,(H,17,20)(H,18,23)/t10-,16+/m1/s1. The van der Waals surface area contributed by atoms with Crippen LogP contribution in [-0.4, -0.2) is 53.4 Å². The van der Waals surface area contributed by atoms with E-state index in [2.05, 4.69) is 10.6 Å². The summed E-state index contributed by atoms with van der Waals surface area (Å²) in [6.07, 6.45) is 5.25. The van der Waals surface area contributed by atoms with E-state index in [1.165, 1.54) is 0 Å². The molecule has 1 saturated heterocycles. The zero-order valence-corrected chi connectivity index (χ0v) is 13.8. The van der Waals surface area contributed by atoms with Gasteiger partial charge in [-0.25, -0.2) is 4.79 Å². The number of nitrogens with zero attached hydrogens (tertiary/aromatic N) is 1. The third kappa shape index (κ3) is 3.22. The SMILES string of the molecule is C[C@@H]1CCCC[C@]12NC(=O)N(CC(=O)OCC(=O)NC1CC1)C2=O. The number of esters is 1. The van der Waals surface area contributed by atoms with Crippen molar-refractivity contribution in [2.24, 2.45) is 5.92 Å². The number of imide groups is 1. The number of ether oxygens (including phenoxy) is 1. The molecule has 3 fully saturated rings. The fourth-order valence-electron chi connectivity index (χ4n) is 3.46. The van der Waals surface area contributed by atoms with Crippen LogP contribution in [0.3, 0.4) is 0 Å². The van der Waals surface area contributed by atoms with Gasteiger partial charge in [0.25, 0.3) is 11.8 Å². The Hall–Kier alpha value is -2.12. The van der Waals surface area contributed by atoms with Crippen molar-refractivity contribution in [3.63, 3.8) is 0 Å². The molecule has 0 aromatic rings. The molecule has 1 spiro atoms. The predicted octanol–water partition coefficient (Wildman–Crippen LogP) is 0.309. The third-order valence-electron chi connectivity index (χ3n) is 5.10. The Morgan fingerprint density at radius 2 is 2.04 bits per heavy atom. The van der Waals surface area contributed by atoms with Crippen molar-refractivity contribution in [1.29, 1.82) is 0 Å². The number of rotatable bonds is 5. The summed E-state index contributed by atoms with van der Waals surface area (Å²) in [6.45, 7) is 1.09. The van der Waals surface area contributed by atoms with E-state index in [1.807, 2.05) is 6.92 Å². The van der Waals surface area contributed by atoms with Gasteiger partial charge in [0.15, 0.2) is 6.61 Å².